The van der Waals surface area contributed by atoms with Crippen molar-refractivity contribution in [3.05, 3.63) is 11.6 Å². The fourth-order valence-corrected chi connectivity index (χ4v) is 10.5. The van der Waals surface area contributed by atoms with E-state index in [-0.39, 0.29) is 33.5 Å². The molecule has 5 aliphatic rings. The lowest BCUT2D eigenvalue weighted by atomic mass is 9.33. The quantitative estimate of drug-likeness (QED) is 0.361. The number of aldehydes is 1. The van der Waals surface area contributed by atoms with Crippen LogP contribution >= 0.6 is 0 Å². The van der Waals surface area contributed by atoms with E-state index in [9.17, 15) is 19.8 Å². The van der Waals surface area contributed by atoms with Crippen LogP contribution in [0.4, 0.5) is 0 Å². The Kier molecular flexibility index (Phi) is 5.20. The van der Waals surface area contributed by atoms with Crippen LogP contribution in [-0.4, -0.2) is 28.6 Å². The van der Waals surface area contributed by atoms with Gasteiger partial charge in [-0.2, -0.15) is 0 Å². The average Bonchev–Trinajstić information content (AvgIpc) is 2.76. The maximum Gasteiger partial charge on any atom is 0.310 e. The van der Waals surface area contributed by atoms with E-state index < -0.39 is 22.9 Å². The van der Waals surface area contributed by atoms with Crippen LogP contribution in [0.25, 0.3) is 0 Å². The van der Waals surface area contributed by atoms with E-state index in [2.05, 4.69) is 40.7 Å². The zero-order valence-corrected chi connectivity index (χ0v) is 22.2. The van der Waals surface area contributed by atoms with Crippen LogP contribution in [0.1, 0.15) is 106 Å². The molecule has 0 spiro atoms. The minimum Gasteiger partial charge on any atom is -0.481 e. The molecule has 4 saturated carbocycles. The maximum atomic E-state index is 12.8. The van der Waals surface area contributed by atoms with Crippen LogP contribution in [-0.2, 0) is 9.59 Å². The predicted molar refractivity (Wildman–Crippen MR) is 133 cm³/mol. The molecule has 5 rings (SSSR count). The third kappa shape index (κ3) is 2.81. The van der Waals surface area contributed by atoms with Gasteiger partial charge < -0.3 is 15.0 Å². The summed E-state index contributed by atoms with van der Waals surface area (Å²) in [4.78, 5) is 25.1. The number of allylic oxidation sites excluding steroid dienone is 2. The zero-order chi connectivity index (χ0) is 24.9. The Morgan fingerprint density at radius 1 is 0.941 bits per heavy atom. The number of fused-ring (bicyclic) bond motifs is 7. The number of carbonyl (C=O) groups excluding carboxylic acids is 1. The molecule has 0 saturated heterocycles. The molecule has 0 aliphatic heterocycles. The molecule has 0 heterocycles. The number of carboxylic acids is 1. The molecule has 4 heteroatoms. The lowest BCUT2D eigenvalue weighted by Gasteiger charge is -2.70. The van der Waals surface area contributed by atoms with Gasteiger partial charge in [0.25, 0.3) is 0 Å². The highest BCUT2D eigenvalue weighted by Gasteiger charge is 2.69. The van der Waals surface area contributed by atoms with E-state index in [0.717, 1.165) is 64.1 Å². The third-order valence-electron chi connectivity index (χ3n) is 13.0. The van der Waals surface area contributed by atoms with E-state index in [1.165, 1.54) is 5.57 Å². The molecule has 4 nitrogen and oxygen atoms in total. The summed E-state index contributed by atoms with van der Waals surface area (Å²) < 4.78 is 0. The first-order valence-electron chi connectivity index (χ1n) is 13.8. The van der Waals surface area contributed by atoms with Crippen molar-refractivity contribution in [1.29, 1.82) is 0 Å². The Morgan fingerprint density at radius 3 is 2.26 bits per heavy atom. The van der Waals surface area contributed by atoms with E-state index >= 15 is 0 Å². The summed E-state index contributed by atoms with van der Waals surface area (Å²) >= 11 is 0. The molecule has 5 aliphatic carbocycles. The topological polar surface area (TPSA) is 74.6 Å². The summed E-state index contributed by atoms with van der Waals surface area (Å²) in [7, 11) is 0. The van der Waals surface area contributed by atoms with Crippen LogP contribution in [0.5, 0.6) is 0 Å². The largest absolute Gasteiger partial charge is 0.481 e. The molecule has 190 valence electrons. The van der Waals surface area contributed by atoms with Crippen molar-refractivity contribution in [3.63, 3.8) is 0 Å². The lowest BCUT2D eigenvalue weighted by Crippen LogP contribution is -2.65. The van der Waals surface area contributed by atoms with Crippen molar-refractivity contribution < 1.29 is 19.8 Å². The van der Waals surface area contributed by atoms with E-state index in [1.54, 1.807) is 0 Å². The van der Waals surface area contributed by atoms with Crippen molar-refractivity contribution in [3.8, 4) is 0 Å². The molecular formula is C30H46O4. The number of carboxylic acid groups (broad SMARTS) is 1. The molecule has 0 aromatic carbocycles. The first-order valence-corrected chi connectivity index (χ1v) is 13.8. The van der Waals surface area contributed by atoms with Gasteiger partial charge in [0.1, 0.15) is 6.29 Å². The van der Waals surface area contributed by atoms with Gasteiger partial charge in [0.05, 0.1) is 16.9 Å². The smallest absolute Gasteiger partial charge is 0.310 e. The molecule has 34 heavy (non-hydrogen) atoms. The number of hydrogen-bond acceptors (Lipinski definition) is 3. The molecule has 0 amide bonds. The van der Waals surface area contributed by atoms with Gasteiger partial charge in [-0.05, 0) is 104 Å². The average molecular weight is 471 g/mol. The fraction of sp³-hybridized carbons (Fsp3) is 0.867. The molecule has 4 fully saturated rings. The van der Waals surface area contributed by atoms with Gasteiger partial charge in [0.15, 0.2) is 0 Å². The highest BCUT2D eigenvalue weighted by atomic mass is 16.4. The highest BCUT2D eigenvalue weighted by molar-refractivity contribution is 5.76. The minimum absolute atomic E-state index is 0.00538. The summed E-state index contributed by atoms with van der Waals surface area (Å²) in [5, 5.41) is 21.3. The molecule has 2 N–H and O–H groups in total. The van der Waals surface area contributed by atoms with Crippen molar-refractivity contribution in [2.75, 3.05) is 0 Å². The first-order chi connectivity index (χ1) is 15.7. The molecule has 0 bridgehead atoms. The SMILES string of the molecule is CC1(C)CC[C@]2(C(=O)O)CC[C@]3(C)C(=CCC4[C@@]5(C)CC[C@H](O)[C@@](C)(C=O)C5CC[C@]43C)C2C1. The van der Waals surface area contributed by atoms with Gasteiger partial charge in [0, 0.05) is 0 Å². The normalized spacial score (nSPS) is 53.9. The molecule has 0 aromatic rings. The van der Waals surface area contributed by atoms with E-state index in [0.29, 0.717) is 12.3 Å². The molecular weight excluding hydrogens is 424 g/mol. The summed E-state index contributed by atoms with van der Waals surface area (Å²) in [6.07, 6.45) is 12.1. The standard InChI is InChI=1S/C30H46O4/c1-25(2)13-15-30(24(33)34)16-14-28(5)19(20(30)17-25)7-8-22-26(3)11-10-23(32)27(4,18-31)21(26)9-12-29(22,28)6/h7,18,20-23,32H,8-17H2,1-6H3,(H,33,34)/t20?,21?,22?,23-,26-,27-,28+,29+,30-/m0/s1. The van der Waals surface area contributed by atoms with E-state index in [1.807, 2.05) is 6.92 Å². The molecule has 0 aromatic heterocycles. The molecule has 0 radical (unpaired) electrons. The van der Waals surface area contributed by atoms with Gasteiger partial charge in [-0.15, -0.1) is 0 Å². The van der Waals surface area contributed by atoms with Gasteiger partial charge in [0.2, 0.25) is 0 Å². The minimum atomic E-state index is -0.669. The molecule has 9 atom stereocenters. The predicted octanol–water partition coefficient (Wildman–Crippen LogP) is 6.41. The van der Waals surface area contributed by atoms with Crippen molar-refractivity contribution in [2.45, 2.75) is 112 Å². The van der Waals surface area contributed by atoms with Crippen molar-refractivity contribution in [2.24, 2.45) is 50.2 Å². The third-order valence-corrected chi connectivity index (χ3v) is 13.0. The summed E-state index contributed by atoms with van der Waals surface area (Å²) in [6, 6.07) is 0. The second-order valence-electron chi connectivity index (χ2n) is 14.7. The van der Waals surface area contributed by atoms with Crippen LogP contribution in [0, 0.1) is 50.2 Å². The summed E-state index contributed by atoms with van der Waals surface area (Å²) in [6.45, 7) is 14.0. The first kappa shape index (κ1) is 24.5. The Hall–Kier alpha value is -1.16. The summed E-state index contributed by atoms with van der Waals surface area (Å²) in [5.74, 6) is 0.201. The van der Waals surface area contributed by atoms with Gasteiger partial charge in [-0.25, -0.2) is 0 Å². The summed E-state index contributed by atoms with van der Waals surface area (Å²) in [5.41, 5.74) is 0.446. The Morgan fingerprint density at radius 2 is 1.62 bits per heavy atom. The second kappa shape index (κ2) is 7.20. The molecule has 3 unspecified atom stereocenters. The van der Waals surface area contributed by atoms with Crippen molar-refractivity contribution >= 4 is 12.3 Å². The maximum absolute atomic E-state index is 12.8. The fourth-order valence-electron chi connectivity index (χ4n) is 10.5. The zero-order valence-electron chi connectivity index (χ0n) is 22.2. The van der Waals surface area contributed by atoms with Crippen LogP contribution in [0.3, 0.4) is 0 Å². The number of carbonyl (C=O) groups is 2. The van der Waals surface area contributed by atoms with Gasteiger partial charge >= 0.3 is 5.97 Å². The highest BCUT2D eigenvalue weighted by Crippen LogP contribution is 2.75. The Labute approximate surface area is 206 Å². The van der Waals surface area contributed by atoms with Crippen molar-refractivity contribution in [1.82, 2.24) is 0 Å². The number of hydrogen-bond donors (Lipinski definition) is 2. The van der Waals surface area contributed by atoms with E-state index in [4.69, 9.17) is 0 Å². The van der Waals surface area contributed by atoms with Crippen LogP contribution in [0.2, 0.25) is 0 Å². The second-order valence-corrected chi connectivity index (χ2v) is 14.7. The monoisotopic (exact) mass is 470 g/mol. The van der Waals surface area contributed by atoms with Gasteiger partial charge in [-0.3, -0.25) is 4.79 Å². The number of aliphatic hydroxyl groups excluding tert-OH is 1. The Balaban J connectivity index is 1.60. The van der Waals surface area contributed by atoms with Gasteiger partial charge in [-0.1, -0.05) is 53.2 Å². The number of aliphatic carboxylic acids is 1. The van der Waals surface area contributed by atoms with Crippen LogP contribution < -0.4 is 0 Å². The number of aliphatic hydroxyl groups is 1. The number of rotatable bonds is 2. The van der Waals surface area contributed by atoms with Crippen LogP contribution in [0.15, 0.2) is 11.6 Å². The Bertz CT molecular complexity index is 936. The lowest BCUT2D eigenvalue weighted by molar-refractivity contribution is -0.204.